The number of hydrogen-bond acceptors (Lipinski definition) is 2. The van der Waals surface area contributed by atoms with E-state index in [1.807, 2.05) is 19.1 Å². The fourth-order valence-electron chi connectivity index (χ4n) is 1.96. The van der Waals surface area contributed by atoms with E-state index in [1.54, 1.807) is 12.1 Å². The van der Waals surface area contributed by atoms with Gasteiger partial charge in [-0.3, -0.25) is 4.79 Å². The van der Waals surface area contributed by atoms with Gasteiger partial charge >= 0.3 is 6.18 Å². The first-order chi connectivity index (χ1) is 11.2. The first-order valence-electron chi connectivity index (χ1n) is 7.08. The van der Waals surface area contributed by atoms with Crippen LogP contribution in [0.2, 0.25) is 5.02 Å². The molecule has 1 atom stereocenters. The number of para-hydroxylation sites is 1. The fraction of sp³-hybridized carbons (Fsp3) is 0.235. The minimum atomic E-state index is -4.52. The second-order valence-electron chi connectivity index (χ2n) is 5.21. The van der Waals surface area contributed by atoms with E-state index in [4.69, 9.17) is 16.3 Å². The van der Waals surface area contributed by atoms with Crippen molar-refractivity contribution in [3.8, 4) is 5.75 Å². The van der Waals surface area contributed by atoms with Crippen LogP contribution in [-0.4, -0.2) is 12.0 Å². The smallest absolute Gasteiger partial charge is 0.416 e. The van der Waals surface area contributed by atoms with Crippen LogP contribution < -0.4 is 10.1 Å². The summed E-state index contributed by atoms with van der Waals surface area (Å²) >= 11 is 5.86. The lowest BCUT2D eigenvalue weighted by Gasteiger charge is -2.17. The SMILES string of the molecule is Cc1ccccc1OC(C)C(=O)Nc1cc(C(F)(F)F)ccc1Cl. The molecule has 1 amide bonds. The van der Waals surface area contributed by atoms with Crippen molar-refractivity contribution in [3.63, 3.8) is 0 Å². The molecule has 0 aliphatic rings. The Morgan fingerprint density at radius 3 is 2.50 bits per heavy atom. The molecule has 0 aromatic heterocycles. The van der Waals surface area contributed by atoms with Crippen LogP contribution in [0.25, 0.3) is 0 Å². The first kappa shape index (κ1) is 18.1. The highest BCUT2D eigenvalue weighted by Crippen LogP contribution is 2.34. The molecule has 3 nitrogen and oxygen atoms in total. The van der Waals surface area contributed by atoms with Gasteiger partial charge in [-0.2, -0.15) is 13.2 Å². The van der Waals surface area contributed by atoms with Crippen molar-refractivity contribution in [2.75, 3.05) is 5.32 Å². The van der Waals surface area contributed by atoms with E-state index in [9.17, 15) is 18.0 Å². The van der Waals surface area contributed by atoms with E-state index in [1.165, 1.54) is 6.92 Å². The van der Waals surface area contributed by atoms with Crippen LogP contribution in [-0.2, 0) is 11.0 Å². The number of halogens is 4. The van der Waals surface area contributed by atoms with Crippen LogP contribution in [0, 0.1) is 6.92 Å². The normalized spacial score (nSPS) is 12.6. The summed E-state index contributed by atoms with van der Waals surface area (Å²) in [5.41, 5.74) is -0.166. The Balaban J connectivity index is 2.13. The van der Waals surface area contributed by atoms with Gasteiger partial charge in [-0.15, -0.1) is 0 Å². The molecule has 0 saturated heterocycles. The summed E-state index contributed by atoms with van der Waals surface area (Å²) in [6.07, 6.45) is -5.43. The maximum atomic E-state index is 12.7. The number of hydrogen-bond donors (Lipinski definition) is 1. The van der Waals surface area contributed by atoms with Gasteiger partial charge in [-0.05, 0) is 43.7 Å². The van der Waals surface area contributed by atoms with Gasteiger partial charge in [0.25, 0.3) is 5.91 Å². The maximum absolute atomic E-state index is 12.7. The van der Waals surface area contributed by atoms with E-state index in [0.717, 1.165) is 23.8 Å². The third-order valence-corrected chi connectivity index (χ3v) is 3.65. The van der Waals surface area contributed by atoms with Gasteiger partial charge in [0.2, 0.25) is 0 Å². The Bertz CT molecular complexity index is 747. The molecule has 0 fully saturated rings. The van der Waals surface area contributed by atoms with Crippen LogP contribution in [0.15, 0.2) is 42.5 Å². The summed E-state index contributed by atoms with van der Waals surface area (Å²) in [4.78, 5) is 12.2. The lowest BCUT2D eigenvalue weighted by atomic mass is 10.2. The minimum Gasteiger partial charge on any atom is -0.481 e. The molecule has 0 radical (unpaired) electrons. The second kappa shape index (κ2) is 7.13. The number of benzene rings is 2. The van der Waals surface area contributed by atoms with Crippen molar-refractivity contribution in [3.05, 3.63) is 58.6 Å². The number of nitrogens with one attached hydrogen (secondary N) is 1. The highest BCUT2D eigenvalue weighted by molar-refractivity contribution is 6.33. The van der Waals surface area contributed by atoms with Crippen molar-refractivity contribution in [1.82, 2.24) is 0 Å². The molecule has 2 aromatic rings. The molecule has 0 spiro atoms. The number of alkyl halides is 3. The van der Waals surface area contributed by atoms with Crippen LogP contribution in [0.1, 0.15) is 18.1 Å². The molecule has 128 valence electrons. The molecule has 1 unspecified atom stereocenters. The quantitative estimate of drug-likeness (QED) is 0.829. The van der Waals surface area contributed by atoms with E-state index < -0.39 is 23.8 Å². The molecule has 0 bridgehead atoms. The Morgan fingerprint density at radius 1 is 1.21 bits per heavy atom. The zero-order chi connectivity index (χ0) is 17.9. The van der Waals surface area contributed by atoms with E-state index in [-0.39, 0.29) is 10.7 Å². The summed E-state index contributed by atoms with van der Waals surface area (Å²) < 4.78 is 43.8. The molecule has 0 heterocycles. The van der Waals surface area contributed by atoms with Gasteiger partial charge < -0.3 is 10.1 Å². The predicted molar refractivity (Wildman–Crippen MR) is 86.4 cm³/mol. The summed E-state index contributed by atoms with van der Waals surface area (Å²) in [6, 6.07) is 9.85. The molecule has 7 heteroatoms. The minimum absolute atomic E-state index is 0.0134. The standard InChI is InChI=1S/C17H15ClF3NO2/c1-10-5-3-4-6-15(10)24-11(2)16(23)22-14-9-12(17(19,20)21)7-8-13(14)18/h3-9,11H,1-2H3,(H,22,23). The number of aryl methyl sites for hydroxylation is 1. The zero-order valence-corrected chi connectivity index (χ0v) is 13.7. The lowest BCUT2D eigenvalue weighted by molar-refractivity contribution is -0.137. The molecule has 0 saturated carbocycles. The lowest BCUT2D eigenvalue weighted by Crippen LogP contribution is -2.30. The molecule has 0 aliphatic carbocycles. The first-order valence-corrected chi connectivity index (χ1v) is 7.46. The molecule has 2 aromatic carbocycles. The molecular weight excluding hydrogens is 343 g/mol. The van der Waals surface area contributed by atoms with E-state index >= 15 is 0 Å². The largest absolute Gasteiger partial charge is 0.481 e. The van der Waals surface area contributed by atoms with Gasteiger partial charge in [0.1, 0.15) is 5.75 Å². The average molecular weight is 358 g/mol. The summed E-state index contributed by atoms with van der Waals surface area (Å²) in [6.45, 7) is 3.33. The average Bonchev–Trinajstić information content (AvgIpc) is 2.50. The number of carbonyl (C=O) groups is 1. The molecule has 24 heavy (non-hydrogen) atoms. The third kappa shape index (κ3) is 4.41. The highest BCUT2D eigenvalue weighted by atomic mass is 35.5. The van der Waals surface area contributed by atoms with Crippen LogP contribution in [0.5, 0.6) is 5.75 Å². The van der Waals surface area contributed by atoms with Gasteiger partial charge in [0.05, 0.1) is 16.3 Å². The van der Waals surface area contributed by atoms with Crippen LogP contribution in [0.4, 0.5) is 18.9 Å². The van der Waals surface area contributed by atoms with Gasteiger partial charge in [0.15, 0.2) is 6.10 Å². The van der Waals surface area contributed by atoms with Crippen LogP contribution >= 0.6 is 11.6 Å². The van der Waals surface area contributed by atoms with E-state index in [2.05, 4.69) is 5.32 Å². The number of rotatable bonds is 4. The summed E-state index contributed by atoms with van der Waals surface area (Å²) in [5, 5.41) is 2.38. The Morgan fingerprint density at radius 2 is 1.88 bits per heavy atom. The monoisotopic (exact) mass is 357 g/mol. The van der Waals surface area contributed by atoms with Crippen molar-refractivity contribution >= 4 is 23.2 Å². The van der Waals surface area contributed by atoms with Crippen molar-refractivity contribution < 1.29 is 22.7 Å². The van der Waals surface area contributed by atoms with Gasteiger partial charge in [0, 0.05) is 0 Å². The number of anilines is 1. The topological polar surface area (TPSA) is 38.3 Å². The third-order valence-electron chi connectivity index (χ3n) is 3.32. The second-order valence-corrected chi connectivity index (χ2v) is 5.61. The molecule has 1 N–H and O–H groups in total. The van der Waals surface area contributed by atoms with Crippen molar-refractivity contribution in [2.24, 2.45) is 0 Å². The summed E-state index contributed by atoms with van der Waals surface area (Å²) in [5.74, 6) is -0.0743. The Kier molecular flexibility index (Phi) is 5.39. The maximum Gasteiger partial charge on any atom is 0.416 e. The van der Waals surface area contributed by atoms with E-state index in [0.29, 0.717) is 5.75 Å². The fourth-order valence-corrected chi connectivity index (χ4v) is 2.13. The molecule has 2 rings (SSSR count). The highest BCUT2D eigenvalue weighted by Gasteiger charge is 2.31. The number of carbonyl (C=O) groups excluding carboxylic acids is 1. The molecule has 0 aliphatic heterocycles. The van der Waals surface area contributed by atoms with Gasteiger partial charge in [-0.1, -0.05) is 29.8 Å². The van der Waals surface area contributed by atoms with Gasteiger partial charge in [-0.25, -0.2) is 0 Å². The number of ether oxygens (including phenoxy) is 1. The Hall–Kier alpha value is -2.21. The Labute approximate surface area is 142 Å². The summed E-state index contributed by atoms with van der Waals surface area (Å²) in [7, 11) is 0. The zero-order valence-electron chi connectivity index (χ0n) is 12.9. The molecular formula is C17H15ClF3NO2. The van der Waals surface area contributed by atoms with Crippen LogP contribution in [0.3, 0.4) is 0 Å². The number of amides is 1. The van der Waals surface area contributed by atoms with Crippen molar-refractivity contribution in [1.29, 1.82) is 0 Å². The predicted octanol–water partition coefficient (Wildman–Crippen LogP) is 5.07. The van der Waals surface area contributed by atoms with Crippen molar-refractivity contribution in [2.45, 2.75) is 26.1 Å².